The Bertz CT molecular complexity index is 666. The molecule has 2 N–H and O–H groups in total. The van der Waals surface area contributed by atoms with E-state index >= 15 is 0 Å². The first kappa shape index (κ1) is 14.9. The van der Waals surface area contributed by atoms with Gasteiger partial charge in [-0.15, -0.1) is 0 Å². The maximum Gasteiger partial charge on any atom is 0.326 e. The molecular formula is C16H14N2O2S. The summed E-state index contributed by atoms with van der Waals surface area (Å²) in [6, 6.07) is 15.3. The van der Waals surface area contributed by atoms with Gasteiger partial charge in [-0.05, 0) is 19.1 Å². The predicted octanol–water partition coefficient (Wildman–Crippen LogP) is 2.81. The van der Waals surface area contributed by atoms with E-state index < -0.39 is 11.9 Å². The van der Waals surface area contributed by atoms with Crippen molar-refractivity contribution >= 4 is 29.1 Å². The van der Waals surface area contributed by atoms with Gasteiger partial charge in [0, 0.05) is 11.1 Å². The molecule has 2 rings (SSSR count). The van der Waals surface area contributed by atoms with Crippen LogP contribution < -0.4 is 10.6 Å². The third kappa shape index (κ3) is 4.22. The highest BCUT2D eigenvalue weighted by Crippen LogP contribution is 2.03. The van der Waals surface area contributed by atoms with Crippen LogP contribution in [0, 0.1) is 6.92 Å². The molecule has 0 aliphatic heterocycles. The van der Waals surface area contributed by atoms with Gasteiger partial charge in [0.2, 0.25) is 0 Å². The Labute approximate surface area is 128 Å². The zero-order valence-corrected chi connectivity index (χ0v) is 12.2. The second-order valence-electron chi connectivity index (χ2n) is 4.47. The summed E-state index contributed by atoms with van der Waals surface area (Å²) in [5.41, 5.74) is 2.23. The SMILES string of the molecule is Cc1ccc(C(=S)NC(=O)NC(=O)c2ccccc2)cc1. The number of nitrogens with one attached hydrogen (secondary N) is 2. The molecule has 0 spiro atoms. The molecule has 4 nitrogen and oxygen atoms in total. The van der Waals surface area contributed by atoms with Crippen molar-refractivity contribution in [2.24, 2.45) is 0 Å². The molecule has 0 heterocycles. The highest BCUT2D eigenvalue weighted by Gasteiger charge is 2.11. The lowest BCUT2D eigenvalue weighted by atomic mass is 10.1. The molecule has 2 aromatic carbocycles. The number of aryl methyl sites for hydroxylation is 1. The average molecular weight is 298 g/mol. The Morgan fingerprint density at radius 1 is 0.857 bits per heavy atom. The molecule has 0 radical (unpaired) electrons. The molecule has 0 saturated carbocycles. The Morgan fingerprint density at radius 3 is 2.10 bits per heavy atom. The first-order chi connectivity index (χ1) is 10.1. The Morgan fingerprint density at radius 2 is 1.48 bits per heavy atom. The minimum absolute atomic E-state index is 0.272. The van der Waals surface area contributed by atoms with E-state index in [1.807, 2.05) is 31.2 Å². The van der Waals surface area contributed by atoms with Gasteiger partial charge in [-0.2, -0.15) is 0 Å². The van der Waals surface area contributed by atoms with Gasteiger partial charge in [-0.3, -0.25) is 15.4 Å². The summed E-state index contributed by atoms with van der Waals surface area (Å²) in [7, 11) is 0. The van der Waals surface area contributed by atoms with E-state index in [4.69, 9.17) is 12.2 Å². The largest absolute Gasteiger partial charge is 0.326 e. The zero-order chi connectivity index (χ0) is 15.2. The van der Waals surface area contributed by atoms with Crippen LogP contribution in [0.5, 0.6) is 0 Å². The molecule has 2 aromatic rings. The molecule has 3 amide bonds. The molecule has 0 saturated heterocycles. The van der Waals surface area contributed by atoms with Gasteiger partial charge in [-0.25, -0.2) is 4.79 Å². The van der Waals surface area contributed by atoms with E-state index in [0.717, 1.165) is 11.1 Å². The molecule has 0 aromatic heterocycles. The Kier molecular flexibility index (Phi) is 4.79. The summed E-state index contributed by atoms with van der Waals surface area (Å²) >= 11 is 5.13. The topological polar surface area (TPSA) is 58.2 Å². The van der Waals surface area contributed by atoms with E-state index in [0.29, 0.717) is 5.56 Å². The van der Waals surface area contributed by atoms with Crippen LogP contribution in [0.25, 0.3) is 0 Å². The maximum absolute atomic E-state index is 11.8. The van der Waals surface area contributed by atoms with E-state index in [1.54, 1.807) is 30.3 Å². The maximum atomic E-state index is 11.8. The summed E-state index contributed by atoms with van der Waals surface area (Å²) < 4.78 is 0. The van der Waals surface area contributed by atoms with Crippen LogP contribution in [-0.2, 0) is 0 Å². The second-order valence-corrected chi connectivity index (χ2v) is 4.88. The van der Waals surface area contributed by atoms with Crippen molar-refractivity contribution in [3.8, 4) is 0 Å². The van der Waals surface area contributed by atoms with Crippen molar-refractivity contribution < 1.29 is 9.59 Å². The second kappa shape index (κ2) is 6.76. The van der Waals surface area contributed by atoms with Crippen LogP contribution in [0.3, 0.4) is 0 Å². The monoisotopic (exact) mass is 298 g/mol. The van der Waals surface area contributed by atoms with Crippen molar-refractivity contribution in [2.45, 2.75) is 6.92 Å². The lowest BCUT2D eigenvalue weighted by molar-refractivity contribution is 0.0965. The van der Waals surface area contributed by atoms with Gasteiger partial charge in [0.05, 0.1) is 0 Å². The number of benzene rings is 2. The van der Waals surface area contributed by atoms with Crippen molar-refractivity contribution in [1.29, 1.82) is 0 Å². The van der Waals surface area contributed by atoms with Crippen molar-refractivity contribution in [1.82, 2.24) is 10.6 Å². The summed E-state index contributed by atoms with van der Waals surface area (Å²) in [6.07, 6.45) is 0. The van der Waals surface area contributed by atoms with Gasteiger partial charge in [0.25, 0.3) is 5.91 Å². The van der Waals surface area contributed by atoms with Crippen LogP contribution >= 0.6 is 12.2 Å². The van der Waals surface area contributed by atoms with E-state index in [9.17, 15) is 9.59 Å². The number of thiocarbonyl (C=S) groups is 1. The van der Waals surface area contributed by atoms with Crippen LogP contribution in [0.15, 0.2) is 54.6 Å². The number of urea groups is 1. The predicted molar refractivity (Wildman–Crippen MR) is 85.3 cm³/mol. The number of carbonyl (C=O) groups is 2. The number of carbonyl (C=O) groups excluding carboxylic acids is 2. The van der Waals surface area contributed by atoms with Gasteiger partial charge in [-0.1, -0.05) is 60.2 Å². The van der Waals surface area contributed by atoms with Crippen LogP contribution in [0.2, 0.25) is 0 Å². The summed E-state index contributed by atoms with van der Waals surface area (Å²) in [5.74, 6) is -0.472. The van der Waals surface area contributed by atoms with Crippen LogP contribution in [0.4, 0.5) is 4.79 Å². The number of hydrogen-bond acceptors (Lipinski definition) is 3. The molecule has 5 heteroatoms. The van der Waals surface area contributed by atoms with Gasteiger partial charge in [0.1, 0.15) is 4.99 Å². The summed E-state index contributed by atoms with van der Waals surface area (Å²) in [5, 5.41) is 4.71. The number of amides is 3. The zero-order valence-electron chi connectivity index (χ0n) is 11.4. The average Bonchev–Trinajstić information content (AvgIpc) is 2.48. The minimum Gasteiger partial charge on any atom is -0.298 e. The van der Waals surface area contributed by atoms with Crippen molar-refractivity contribution in [3.63, 3.8) is 0 Å². The molecular weight excluding hydrogens is 284 g/mol. The minimum atomic E-state index is -0.644. The molecule has 106 valence electrons. The lowest BCUT2D eigenvalue weighted by Crippen LogP contribution is -2.42. The van der Waals surface area contributed by atoms with Crippen molar-refractivity contribution in [2.75, 3.05) is 0 Å². The first-order valence-corrected chi connectivity index (χ1v) is 6.75. The first-order valence-electron chi connectivity index (χ1n) is 6.34. The quantitative estimate of drug-likeness (QED) is 0.838. The van der Waals surface area contributed by atoms with E-state index in [2.05, 4.69) is 10.6 Å². The Hall–Kier alpha value is -2.53. The normalized spacial score (nSPS) is 9.76. The molecule has 0 fully saturated rings. The molecule has 0 aliphatic carbocycles. The fourth-order valence-electron chi connectivity index (χ4n) is 1.68. The third-order valence-corrected chi connectivity index (χ3v) is 3.14. The van der Waals surface area contributed by atoms with Gasteiger partial charge in [0.15, 0.2) is 0 Å². The van der Waals surface area contributed by atoms with E-state index in [1.165, 1.54) is 0 Å². The standard InChI is InChI=1S/C16H14N2O2S/c1-11-7-9-13(10-8-11)15(21)18-16(20)17-14(19)12-5-3-2-4-6-12/h2-10H,1H3,(H2,17,18,19,20,21). The van der Waals surface area contributed by atoms with Gasteiger partial charge < -0.3 is 0 Å². The summed E-state index contributed by atoms with van der Waals surface area (Å²) in [6.45, 7) is 1.96. The number of imide groups is 1. The third-order valence-electron chi connectivity index (χ3n) is 2.80. The molecule has 21 heavy (non-hydrogen) atoms. The molecule has 0 atom stereocenters. The van der Waals surface area contributed by atoms with Gasteiger partial charge >= 0.3 is 6.03 Å². The Balaban J connectivity index is 1.94. The van der Waals surface area contributed by atoms with Crippen LogP contribution in [-0.4, -0.2) is 16.9 Å². The fraction of sp³-hybridized carbons (Fsp3) is 0.0625. The summed E-state index contributed by atoms with van der Waals surface area (Å²) in [4.78, 5) is 23.8. The number of hydrogen-bond donors (Lipinski definition) is 2. The van der Waals surface area contributed by atoms with Crippen LogP contribution in [0.1, 0.15) is 21.5 Å². The smallest absolute Gasteiger partial charge is 0.298 e. The highest BCUT2D eigenvalue weighted by atomic mass is 32.1. The highest BCUT2D eigenvalue weighted by molar-refractivity contribution is 7.80. The van der Waals surface area contributed by atoms with E-state index in [-0.39, 0.29) is 4.99 Å². The van der Waals surface area contributed by atoms with Crippen molar-refractivity contribution in [3.05, 3.63) is 71.3 Å². The molecule has 0 unspecified atom stereocenters. The fourth-order valence-corrected chi connectivity index (χ4v) is 1.91. The molecule has 0 bridgehead atoms. The molecule has 0 aliphatic rings. The number of rotatable bonds is 2. The lowest BCUT2D eigenvalue weighted by Gasteiger charge is -2.08.